The fraction of sp³-hybridized carbons (Fsp3) is 0.286. The fourth-order valence-corrected chi connectivity index (χ4v) is 2.46. The summed E-state index contributed by atoms with van der Waals surface area (Å²) in [5, 5.41) is 0. The number of aryl methyl sites for hydroxylation is 1. The van der Waals surface area contributed by atoms with E-state index in [0.717, 1.165) is 29.8 Å². The highest BCUT2D eigenvalue weighted by atomic mass is 16.1. The maximum Gasteiger partial charge on any atom is 0.164 e. The lowest BCUT2D eigenvalue weighted by molar-refractivity contribution is 0.0972. The van der Waals surface area contributed by atoms with Gasteiger partial charge in [-0.2, -0.15) is 0 Å². The highest BCUT2D eigenvalue weighted by molar-refractivity contribution is 5.98. The Morgan fingerprint density at radius 2 is 2.18 bits per heavy atom. The van der Waals surface area contributed by atoms with Gasteiger partial charge in [-0.3, -0.25) is 9.78 Å². The van der Waals surface area contributed by atoms with E-state index in [0.29, 0.717) is 6.42 Å². The number of aromatic nitrogens is 2. The molecule has 0 saturated heterocycles. The Balaban J connectivity index is 2.17. The summed E-state index contributed by atoms with van der Waals surface area (Å²) in [5.74, 6) is 0.270. The number of rotatable bonds is 1. The lowest BCUT2D eigenvalue weighted by Crippen LogP contribution is -2.12. The van der Waals surface area contributed by atoms with Gasteiger partial charge in [0, 0.05) is 30.1 Å². The number of pyridine rings is 1. The first-order valence-corrected chi connectivity index (χ1v) is 5.92. The van der Waals surface area contributed by atoms with Crippen LogP contribution in [-0.2, 0) is 6.42 Å². The van der Waals surface area contributed by atoms with Gasteiger partial charge in [0.05, 0.1) is 11.9 Å². The van der Waals surface area contributed by atoms with Crippen molar-refractivity contribution in [1.82, 2.24) is 9.55 Å². The average molecular weight is 226 g/mol. The van der Waals surface area contributed by atoms with E-state index in [-0.39, 0.29) is 5.78 Å². The van der Waals surface area contributed by atoms with E-state index in [1.54, 1.807) is 6.20 Å². The molecule has 0 amide bonds. The molecule has 0 atom stereocenters. The molecule has 2 heterocycles. The Labute approximate surface area is 100 Å². The number of Topliss-reactive ketones (excluding diaryl/α,β-unsaturated/α-hetero) is 1. The molecule has 3 nitrogen and oxygen atoms in total. The number of carbonyl (C=O) groups excluding carboxylic acids is 1. The van der Waals surface area contributed by atoms with Crippen LogP contribution in [0.2, 0.25) is 0 Å². The zero-order chi connectivity index (χ0) is 11.8. The largest absolute Gasteiger partial charge is 0.318 e. The Hall–Kier alpha value is -1.90. The molecule has 1 aliphatic carbocycles. The van der Waals surface area contributed by atoms with Crippen LogP contribution in [0.4, 0.5) is 0 Å². The molecular formula is C14H14N2O. The molecule has 0 bridgehead atoms. The number of fused-ring (bicyclic) bond motifs is 1. The van der Waals surface area contributed by atoms with Gasteiger partial charge in [0.2, 0.25) is 0 Å². The maximum absolute atomic E-state index is 11.8. The standard InChI is InChI=1S/C14H14N2O/c1-10-5-7-15-9-13(10)16-8-6-11-12(16)3-2-4-14(11)17/h5-9H,2-4H2,1H3. The Morgan fingerprint density at radius 1 is 1.29 bits per heavy atom. The summed E-state index contributed by atoms with van der Waals surface area (Å²) < 4.78 is 2.11. The number of hydrogen-bond donors (Lipinski definition) is 0. The van der Waals surface area contributed by atoms with Crippen LogP contribution in [0.5, 0.6) is 0 Å². The van der Waals surface area contributed by atoms with Gasteiger partial charge in [-0.25, -0.2) is 0 Å². The average Bonchev–Trinajstić information content (AvgIpc) is 2.75. The second-order valence-corrected chi connectivity index (χ2v) is 4.49. The van der Waals surface area contributed by atoms with Crippen molar-refractivity contribution in [2.24, 2.45) is 0 Å². The molecule has 0 unspecified atom stereocenters. The van der Waals surface area contributed by atoms with Gasteiger partial charge in [-0.1, -0.05) is 0 Å². The van der Waals surface area contributed by atoms with Crippen molar-refractivity contribution in [1.29, 1.82) is 0 Å². The third-order valence-corrected chi connectivity index (χ3v) is 3.38. The second-order valence-electron chi connectivity index (χ2n) is 4.49. The fourth-order valence-electron chi connectivity index (χ4n) is 2.46. The molecular weight excluding hydrogens is 212 g/mol. The lowest BCUT2D eigenvalue weighted by atomic mass is 9.96. The first-order valence-electron chi connectivity index (χ1n) is 5.92. The SMILES string of the molecule is Cc1ccncc1-n1ccc2c1CCCC2=O. The van der Waals surface area contributed by atoms with Crippen molar-refractivity contribution in [2.45, 2.75) is 26.2 Å². The number of hydrogen-bond acceptors (Lipinski definition) is 2. The van der Waals surface area contributed by atoms with Gasteiger partial charge >= 0.3 is 0 Å². The smallest absolute Gasteiger partial charge is 0.164 e. The van der Waals surface area contributed by atoms with Gasteiger partial charge in [0.15, 0.2) is 5.78 Å². The first kappa shape index (κ1) is 10.3. The Morgan fingerprint density at radius 3 is 3.00 bits per heavy atom. The quantitative estimate of drug-likeness (QED) is 0.749. The summed E-state index contributed by atoms with van der Waals surface area (Å²) in [4.78, 5) is 15.9. The van der Waals surface area contributed by atoms with Crippen LogP contribution in [-0.4, -0.2) is 15.3 Å². The van der Waals surface area contributed by atoms with Crippen molar-refractivity contribution < 1.29 is 4.79 Å². The van der Waals surface area contributed by atoms with Crippen LogP contribution in [0, 0.1) is 6.92 Å². The molecule has 0 radical (unpaired) electrons. The van der Waals surface area contributed by atoms with Gasteiger partial charge in [0.25, 0.3) is 0 Å². The van der Waals surface area contributed by atoms with Crippen molar-refractivity contribution in [3.05, 3.63) is 47.5 Å². The highest BCUT2D eigenvalue weighted by Gasteiger charge is 2.21. The summed E-state index contributed by atoms with van der Waals surface area (Å²) in [6, 6.07) is 3.93. The minimum atomic E-state index is 0.270. The van der Waals surface area contributed by atoms with E-state index in [1.807, 2.05) is 24.5 Å². The zero-order valence-corrected chi connectivity index (χ0v) is 9.81. The van der Waals surface area contributed by atoms with E-state index in [4.69, 9.17) is 0 Å². The third-order valence-electron chi connectivity index (χ3n) is 3.38. The van der Waals surface area contributed by atoms with E-state index in [1.165, 1.54) is 5.56 Å². The number of nitrogens with zero attached hydrogens (tertiary/aromatic N) is 2. The summed E-state index contributed by atoms with van der Waals surface area (Å²) in [6.45, 7) is 2.06. The molecule has 0 N–H and O–H groups in total. The van der Waals surface area contributed by atoms with Crippen LogP contribution in [0.15, 0.2) is 30.7 Å². The highest BCUT2D eigenvalue weighted by Crippen LogP contribution is 2.26. The summed E-state index contributed by atoms with van der Waals surface area (Å²) in [7, 11) is 0. The monoisotopic (exact) mass is 226 g/mol. The molecule has 0 spiro atoms. The topological polar surface area (TPSA) is 34.9 Å². The Kier molecular flexibility index (Phi) is 2.32. The van der Waals surface area contributed by atoms with Crippen LogP contribution < -0.4 is 0 Å². The van der Waals surface area contributed by atoms with Crippen LogP contribution in [0.3, 0.4) is 0 Å². The van der Waals surface area contributed by atoms with Gasteiger partial charge in [0.1, 0.15) is 0 Å². The number of carbonyl (C=O) groups is 1. The molecule has 2 aromatic heterocycles. The molecule has 0 fully saturated rings. The van der Waals surface area contributed by atoms with E-state index in [2.05, 4.69) is 16.5 Å². The summed E-state index contributed by atoms with van der Waals surface area (Å²) >= 11 is 0. The van der Waals surface area contributed by atoms with Crippen molar-refractivity contribution in [3.8, 4) is 5.69 Å². The third kappa shape index (κ3) is 1.58. The molecule has 0 saturated carbocycles. The first-order chi connectivity index (χ1) is 8.27. The minimum absolute atomic E-state index is 0.270. The van der Waals surface area contributed by atoms with Crippen molar-refractivity contribution in [3.63, 3.8) is 0 Å². The van der Waals surface area contributed by atoms with Gasteiger partial charge in [-0.05, 0) is 37.5 Å². The molecule has 1 aliphatic rings. The summed E-state index contributed by atoms with van der Waals surface area (Å²) in [5.41, 5.74) is 4.27. The molecule has 3 rings (SSSR count). The normalized spacial score (nSPS) is 14.8. The second kappa shape index (κ2) is 3.84. The molecule has 2 aromatic rings. The maximum atomic E-state index is 11.8. The lowest BCUT2D eigenvalue weighted by Gasteiger charge is -2.15. The van der Waals surface area contributed by atoms with Crippen molar-refractivity contribution in [2.75, 3.05) is 0 Å². The van der Waals surface area contributed by atoms with Crippen LogP contribution in [0.25, 0.3) is 5.69 Å². The van der Waals surface area contributed by atoms with Gasteiger partial charge in [-0.15, -0.1) is 0 Å². The predicted octanol–water partition coefficient (Wildman–Crippen LogP) is 2.70. The molecule has 17 heavy (non-hydrogen) atoms. The van der Waals surface area contributed by atoms with Crippen LogP contribution >= 0.6 is 0 Å². The van der Waals surface area contributed by atoms with Crippen molar-refractivity contribution >= 4 is 5.78 Å². The van der Waals surface area contributed by atoms with Crippen LogP contribution in [0.1, 0.15) is 34.5 Å². The number of ketones is 1. The predicted molar refractivity (Wildman–Crippen MR) is 65.6 cm³/mol. The van der Waals surface area contributed by atoms with E-state index in [9.17, 15) is 4.79 Å². The molecule has 3 heteroatoms. The summed E-state index contributed by atoms with van der Waals surface area (Å²) in [6.07, 6.45) is 8.24. The minimum Gasteiger partial charge on any atom is -0.318 e. The Bertz CT molecular complexity index is 584. The van der Waals surface area contributed by atoms with E-state index < -0.39 is 0 Å². The van der Waals surface area contributed by atoms with Gasteiger partial charge < -0.3 is 4.57 Å². The zero-order valence-electron chi connectivity index (χ0n) is 9.81. The molecule has 86 valence electrons. The molecule has 0 aromatic carbocycles. The molecule has 0 aliphatic heterocycles. The van der Waals surface area contributed by atoms with E-state index >= 15 is 0 Å².